The summed E-state index contributed by atoms with van der Waals surface area (Å²) < 4.78 is 10.2. The van der Waals surface area contributed by atoms with E-state index >= 15 is 0 Å². The van der Waals surface area contributed by atoms with Crippen molar-refractivity contribution in [3.05, 3.63) is 64.7 Å². The van der Waals surface area contributed by atoms with Crippen LogP contribution in [0.5, 0.6) is 5.75 Å². The summed E-state index contributed by atoms with van der Waals surface area (Å²) in [5.41, 5.74) is 3.93. The zero-order valence-electron chi connectivity index (χ0n) is 15.8. The maximum Gasteiger partial charge on any atom is 0.358 e. The van der Waals surface area contributed by atoms with Crippen molar-refractivity contribution in [1.82, 2.24) is 4.98 Å². The van der Waals surface area contributed by atoms with Gasteiger partial charge >= 0.3 is 5.97 Å². The molecular weight excluding hydrogens is 376 g/mol. The lowest BCUT2D eigenvalue weighted by Crippen LogP contribution is -2.21. The highest BCUT2D eigenvalue weighted by Crippen LogP contribution is 2.26. The first-order valence-electron chi connectivity index (χ1n) is 8.60. The molecule has 6 nitrogen and oxygen atoms in total. The number of aromatic nitrogens is 1. The summed E-state index contributed by atoms with van der Waals surface area (Å²) in [4.78, 5) is 28.5. The van der Waals surface area contributed by atoms with Crippen LogP contribution >= 0.6 is 11.3 Å². The number of carbonyl (C=O) groups is 2. The molecule has 7 heteroatoms. The van der Waals surface area contributed by atoms with Gasteiger partial charge in [-0.25, -0.2) is 9.78 Å². The van der Waals surface area contributed by atoms with E-state index in [0.29, 0.717) is 10.7 Å². The van der Waals surface area contributed by atoms with Crippen molar-refractivity contribution in [3.8, 4) is 16.3 Å². The molecule has 2 aromatic carbocycles. The van der Waals surface area contributed by atoms with Gasteiger partial charge in [-0.2, -0.15) is 0 Å². The minimum Gasteiger partial charge on any atom is -0.497 e. The second-order valence-corrected chi connectivity index (χ2v) is 7.05. The molecule has 0 fully saturated rings. The predicted molar refractivity (Wildman–Crippen MR) is 109 cm³/mol. The molecule has 0 saturated carbocycles. The molecule has 1 amide bonds. The number of benzene rings is 2. The minimum absolute atomic E-state index is 0.176. The molecule has 3 aromatic rings. The van der Waals surface area contributed by atoms with Crippen LogP contribution in [0.25, 0.3) is 10.6 Å². The van der Waals surface area contributed by atoms with E-state index in [1.54, 1.807) is 12.5 Å². The highest BCUT2D eigenvalue weighted by molar-refractivity contribution is 7.13. The summed E-state index contributed by atoms with van der Waals surface area (Å²) in [6.07, 6.45) is 0. The molecule has 0 saturated heterocycles. The largest absolute Gasteiger partial charge is 0.497 e. The Hall–Kier alpha value is -3.19. The molecule has 28 heavy (non-hydrogen) atoms. The van der Waals surface area contributed by atoms with Crippen LogP contribution in [0.3, 0.4) is 0 Å². The van der Waals surface area contributed by atoms with E-state index in [1.807, 2.05) is 56.3 Å². The zero-order valence-corrected chi connectivity index (χ0v) is 16.6. The molecule has 144 valence electrons. The number of methoxy groups -OCH3 is 1. The number of hydrogen-bond donors (Lipinski definition) is 1. The first-order chi connectivity index (χ1) is 13.5. The fourth-order valence-corrected chi connectivity index (χ4v) is 3.25. The van der Waals surface area contributed by atoms with Crippen molar-refractivity contribution in [2.75, 3.05) is 19.0 Å². The lowest BCUT2D eigenvalue weighted by Gasteiger charge is -2.08. The second-order valence-electron chi connectivity index (χ2n) is 6.19. The Morgan fingerprint density at radius 3 is 2.50 bits per heavy atom. The fraction of sp³-hybridized carbons (Fsp3) is 0.190. The van der Waals surface area contributed by atoms with Gasteiger partial charge in [0.15, 0.2) is 12.3 Å². The summed E-state index contributed by atoms with van der Waals surface area (Å²) in [5.74, 6) is -0.289. The van der Waals surface area contributed by atoms with Crippen LogP contribution in [0.15, 0.2) is 47.8 Å². The molecule has 0 spiro atoms. The van der Waals surface area contributed by atoms with Crippen LogP contribution in [0, 0.1) is 13.8 Å². The minimum atomic E-state index is -0.633. The van der Waals surface area contributed by atoms with E-state index in [2.05, 4.69) is 10.3 Å². The van der Waals surface area contributed by atoms with E-state index in [0.717, 1.165) is 22.4 Å². The van der Waals surface area contributed by atoms with Gasteiger partial charge in [-0.15, -0.1) is 11.3 Å². The standard InChI is InChI=1S/C21H20N2O4S/c1-13-4-7-16(10-14(13)2)22-19(24)11-27-21(25)18-12-28-20(23-18)15-5-8-17(26-3)9-6-15/h4-10,12H,11H2,1-3H3,(H,22,24). The number of esters is 1. The third kappa shape index (κ3) is 4.75. The molecule has 0 radical (unpaired) electrons. The number of thiazole rings is 1. The Morgan fingerprint density at radius 1 is 1.07 bits per heavy atom. The Bertz CT molecular complexity index is 996. The lowest BCUT2D eigenvalue weighted by molar-refractivity contribution is -0.119. The Labute approximate surface area is 167 Å². The van der Waals surface area contributed by atoms with Gasteiger partial charge in [0.1, 0.15) is 10.8 Å². The average Bonchev–Trinajstić information content (AvgIpc) is 3.19. The average molecular weight is 396 g/mol. The summed E-state index contributed by atoms with van der Waals surface area (Å²) in [7, 11) is 1.60. The highest BCUT2D eigenvalue weighted by Gasteiger charge is 2.15. The van der Waals surface area contributed by atoms with Gasteiger partial charge in [-0.05, 0) is 61.4 Å². The van der Waals surface area contributed by atoms with Gasteiger partial charge in [0.25, 0.3) is 5.91 Å². The number of anilines is 1. The Kier molecular flexibility index (Phi) is 6.06. The normalized spacial score (nSPS) is 10.4. The molecule has 1 N–H and O–H groups in total. The first kappa shape index (κ1) is 19.6. The van der Waals surface area contributed by atoms with Crippen molar-refractivity contribution in [2.24, 2.45) is 0 Å². The van der Waals surface area contributed by atoms with Crippen LogP contribution < -0.4 is 10.1 Å². The van der Waals surface area contributed by atoms with Crippen molar-refractivity contribution in [1.29, 1.82) is 0 Å². The van der Waals surface area contributed by atoms with Gasteiger partial charge in [-0.1, -0.05) is 6.07 Å². The van der Waals surface area contributed by atoms with Crippen molar-refractivity contribution in [3.63, 3.8) is 0 Å². The smallest absolute Gasteiger partial charge is 0.358 e. The number of nitrogens with zero attached hydrogens (tertiary/aromatic N) is 1. The SMILES string of the molecule is COc1ccc(-c2nc(C(=O)OCC(=O)Nc3ccc(C)c(C)c3)cs2)cc1. The van der Waals surface area contributed by atoms with Gasteiger partial charge < -0.3 is 14.8 Å². The van der Waals surface area contributed by atoms with Crippen LogP contribution in [-0.2, 0) is 9.53 Å². The summed E-state index contributed by atoms with van der Waals surface area (Å²) in [5, 5.41) is 5.02. The van der Waals surface area contributed by atoms with Crippen LogP contribution in [0.4, 0.5) is 5.69 Å². The molecule has 1 heterocycles. The maximum absolute atomic E-state index is 12.2. The van der Waals surface area contributed by atoms with E-state index in [-0.39, 0.29) is 12.3 Å². The number of ether oxygens (including phenoxy) is 2. The topological polar surface area (TPSA) is 77.5 Å². The van der Waals surface area contributed by atoms with Gasteiger partial charge in [0.05, 0.1) is 7.11 Å². The van der Waals surface area contributed by atoms with E-state index in [4.69, 9.17) is 9.47 Å². The van der Waals surface area contributed by atoms with Crippen molar-refractivity contribution < 1.29 is 19.1 Å². The van der Waals surface area contributed by atoms with Gasteiger partial charge in [0.2, 0.25) is 0 Å². The molecule has 0 bridgehead atoms. The quantitative estimate of drug-likeness (QED) is 0.631. The molecule has 0 atom stereocenters. The summed E-state index contributed by atoms with van der Waals surface area (Å²) in [6.45, 7) is 3.59. The lowest BCUT2D eigenvalue weighted by atomic mass is 10.1. The Morgan fingerprint density at radius 2 is 1.82 bits per heavy atom. The van der Waals surface area contributed by atoms with Gasteiger partial charge in [0, 0.05) is 16.6 Å². The molecule has 3 rings (SSSR count). The number of aryl methyl sites for hydroxylation is 2. The number of carbonyl (C=O) groups excluding carboxylic acids is 2. The molecule has 0 unspecified atom stereocenters. The highest BCUT2D eigenvalue weighted by atomic mass is 32.1. The van der Waals surface area contributed by atoms with Crippen molar-refractivity contribution in [2.45, 2.75) is 13.8 Å². The van der Waals surface area contributed by atoms with E-state index < -0.39 is 11.9 Å². The van der Waals surface area contributed by atoms with Crippen LogP contribution in [-0.4, -0.2) is 30.6 Å². The summed E-state index contributed by atoms with van der Waals surface area (Å²) in [6, 6.07) is 13.0. The van der Waals surface area contributed by atoms with E-state index in [9.17, 15) is 9.59 Å². The number of nitrogens with one attached hydrogen (secondary N) is 1. The third-order valence-electron chi connectivity index (χ3n) is 4.18. The molecule has 0 aliphatic rings. The number of rotatable bonds is 6. The Balaban J connectivity index is 1.56. The second kappa shape index (κ2) is 8.67. The molecular formula is C21H20N2O4S. The van der Waals surface area contributed by atoms with Crippen molar-refractivity contribution >= 4 is 28.9 Å². The predicted octanol–water partition coefficient (Wildman–Crippen LogP) is 4.23. The molecule has 1 aromatic heterocycles. The maximum atomic E-state index is 12.2. The fourth-order valence-electron chi connectivity index (χ4n) is 2.45. The monoisotopic (exact) mass is 396 g/mol. The zero-order chi connectivity index (χ0) is 20.1. The van der Waals surface area contributed by atoms with Crippen LogP contribution in [0.1, 0.15) is 21.6 Å². The van der Waals surface area contributed by atoms with Crippen LogP contribution in [0.2, 0.25) is 0 Å². The number of amides is 1. The first-order valence-corrected chi connectivity index (χ1v) is 9.48. The third-order valence-corrected chi connectivity index (χ3v) is 5.07. The van der Waals surface area contributed by atoms with E-state index in [1.165, 1.54) is 11.3 Å². The molecule has 0 aliphatic heterocycles. The van der Waals surface area contributed by atoms with Gasteiger partial charge in [-0.3, -0.25) is 4.79 Å². The number of hydrogen-bond acceptors (Lipinski definition) is 6. The molecule has 0 aliphatic carbocycles. The summed E-state index contributed by atoms with van der Waals surface area (Å²) >= 11 is 1.33.